The normalized spacial score (nSPS) is 15.2. The number of carbonyl (C=O) groups excluding carboxylic acids is 4. The molecular formula is C16H26O10. The Labute approximate surface area is 152 Å². The van der Waals surface area contributed by atoms with Gasteiger partial charge in [-0.2, -0.15) is 0 Å². The first kappa shape index (κ1) is 23.8. The van der Waals surface area contributed by atoms with Gasteiger partial charge in [0.05, 0.1) is 0 Å². The molecule has 26 heavy (non-hydrogen) atoms. The van der Waals surface area contributed by atoms with Crippen LogP contribution in [0.2, 0.25) is 0 Å². The molecule has 0 aromatic rings. The lowest BCUT2D eigenvalue weighted by Crippen LogP contribution is -2.52. The summed E-state index contributed by atoms with van der Waals surface area (Å²) in [5.41, 5.74) is 0. The maximum absolute atomic E-state index is 11.5. The molecule has 0 radical (unpaired) electrons. The lowest BCUT2D eigenvalue weighted by Gasteiger charge is -2.34. The first-order chi connectivity index (χ1) is 12.1. The lowest BCUT2D eigenvalue weighted by atomic mass is 10.0. The maximum atomic E-state index is 11.5. The van der Waals surface area contributed by atoms with Gasteiger partial charge in [-0.15, -0.1) is 0 Å². The molecule has 0 aliphatic rings. The van der Waals surface area contributed by atoms with Gasteiger partial charge in [0.1, 0.15) is 25.4 Å². The smallest absolute Gasteiger partial charge is 0.303 e. The van der Waals surface area contributed by atoms with E-state index in [-0.39, 0.29) is 13.2 Å². The zero-order valence-corrected chi connectivity index (χ0v) is 15.8. The van der Waals surface area contributed by atoms with E-state index in [4.69, 9.17) is 28.4 Å². The van der Waals surface area contributed by atoms with Crippen LogP contribution < -0.4 is 0 Å². The van der Waals surface area contributed by atoms with Crippen LogP contribution in [0.3, 0.4) is 0 Å². The van der Waals surface area contributed by atoms with E-state index in [1.807, 2.05) is 0 Å². The van der Waals surface area contributed by atoms with Crippen LogP contribution in [0.5, 0.6) is 0 Å². The zero-order valence-electron chi connectivity index (χ0n) is 15.8. The van der Waals surface area contributed by atoms with E-state index >= 15 is 0 Å². The molecule has 10 nitrogen and oxygen atoms in total. The Hall–Kier alpha value is -2.20. The first-order valence-electron chi connectivity index (χ1n) is 7.79. The van der Waals surface area contributed by atoms with Crippen molar-refractivity contribution in [3.8, 4) is 0 Å². The Balaban J connectivity index is 5.60. The molecule has 10 heteroatoms. The van der Waals surface area contributed by atoms with Gasteiger partial charge in [-0.1, -0.05) is 0 Å². The minimum atomic E-state index is -1.18. The Morgan fingerprint density at radius 3 is 1.42 bits per heavy atom. The van der Waals surface area contributed by atoms with E-state index in [1.54, 1.807) is 0 Å². The number of methoxy groups -OCH3 is 2. The van der Waals surface area contributed by atoms with Gasteiger partial charge in [0.15, 0.2) is 12.2 Å². The van der Waals surface area contributed by atoms with Crippen LogP contribution >= 0.6 is 0 Å². The monoisotopic (exact) mass is 378 g/mol. The molecule has 0 fully saturated rings. The van der Waals surface area contributed by atoms with Crippen LogP contribution in [0.15, 0.2) is 0 Å². The predicted molar refractivity (Wildman–Crippen MR) is 86.0 cm³/mol. The van der Waals surface area contributed by atoms with Crippen molar-refractivity contribution in [3.05, 3.63) is 0 Å². The summed E-state index contributed by atoms with van der Waals surface area (Å²) in [6, 6.07) is 0. The lowest BCUT2D eigenvalue weighted by molar-refractivity contribution is -0.197. The van der Waals surface area contributed by atoms with E-state index in [0.717, 1.165) is 13.8 Å². The van der Waals surface area contributed by atoms with Gasteiger partial charge >= 0.3 is 23.9 Å². The summed E-state index contributed by atoms with van der Waals surface area (Å²) in [5, 5.41) is 0. The van der Waals surface area contributed by atoms with Crippen LogP contribution in [-0.4, -0.2) is 75.7 Å². The maximum Gasteiger partial charge on any atom is 0.303 e. The van der Waals surface area contributed by atoms with Crippen LogP contribution in [0.25, 0.3) is 0 Å². The highest BCUT2D eigenvalue weighted by molar-refractivity contribution is 5.68. The van der Waals surface area contributed by atoms with E-state index in [2.05, 4.69) is 0 Å². The van der Waals surface area contributed by atoms with Crippen molar-refractivity contribution in [2.24, 2.45) is 0 Å². The molecular weight excluding hydrogens is 352 g/mol. The van der Waals surface area contributed by atoms with Crippen LogP contribution in [-0.2, 0) is 47.6 Å². The molecule has 4 unspecified atom stereocenters. The van der Waals surface area contributed by atoms with Crippen molar-refractivity contribution in [3.63, 3.8) is 0 Å². The fraction of sp³-hybridized carbons (Fsp3) is 0.750. The standard InChI is InChI=1S/C16H26O10/c1-9(17)23-7-13(21-5)15(22-6)16(26-12(4)20)14(25-11(3)19)8-24-10(2)18/h13-16H,7-8H2,1-6H3. The number of rotatable bonds is 11. The molecule has 0 bridgehead atoms. The van der Waals surface area contributed by atoms with Crippen molar-refractivity contribution >= 4 is 23.9 Å². The summed E-state index contributed by atoms with van der Waals surface area (Å²) in [6.07, 6.45) is -4.16. The van der Waals surface area contributed by atoms with E-state index in [1.165, 1.54) is 28.1 Å². The van der Waals surface area contributed by atoms with Gasteiger partial charge in [-0.25, -0.2) is 0 Å². The summed E-state index contributed by atoms with van der Waals surface area (Å²) in [4.78, 5) is 45.1. The first-order valence-corrected chi connectivity index (χ1v) is 7.79. The highest BCUT2D eigenvalue weighted by Gasteiger charge is 2.41. The van der Waals surface area contributed by atoms with E-state index in [9.17, 15) is 19.2 Å². The molecule has 0 spiro atoms. The number of hydrogen-bond donors (Lipinski definition) is 0. The van der Waals surface area contributed by atoms with E-state index < -0.39 is 48.3 Å². The molecule has 0 aromatic heterocycles. The average Bonchev–Trinajstić information content (AvgIpc) is 2.52. The van der Waals surface area contributed by atoms with Crippen molar-refractivity contribution < 1.29 is 47.6 Å². The third-order valence-electron chi connectivity index (χ3n) is 3.15. The average molecular weight is 378 g/mol. The third-order valence-corrected chi connectivity index (χ3v) is 3.15. The van der Waals surface area contributed by atoms with Crippen molar-refractivity contribution in [1.29, 1.82) is 0 Å². The zero-order chi connectivity index (χ0) is 20.3. The third kappa shape index (κ3) is 9.33. The highest BCUT2D eigenvalue weighted by atomic mass is 16.6. The molecule has 0 saturated heterocycles. The fourth-order valence-corrected chi connectivity index (χ4v) is 2.15. The van der Waals surface area contributed by atoms with E-state index in [0.29, 0.717) is 0 Å². The predicted octanol–water partition coefficient (Wildman–Crippen LogP) is 0.00600. The topological polar surface area (TPSA) is 124 Å². The second kappa shape index (κ2) is 12.2. The summed E-state index contributed by atoms with van der Waals surface area (Å²) < 4.78 is 30.8. The Morgan fingerprint density at radius 1 is 0.615 bits per heavy atom. The Bertz CT molecular complexity index is 489. The highest BCUT2D eigenvalue weighted by Crippen LogP contribution is 2.19. The SMILES string of the molecule is COC(COC(C)=O)C(OC)C(OC(C)=O)C(COC(C)=O)OC(C)=O. The second-order valence-corrected chi connectivity index (χ2v) is 5.30. The quantitative estimate of drug-likeness (QED) is 0.358. The number of esters is 4. The van der Waals surface area contributed by atoms with Crippen molar-refractivity contribution in [2.75, 3.05) is 27.4 Å². The van der Waals surface area contributed by atoms with Gasteiger partial charge in [0.2, 0.25) is 0 Å². The van der Waals surface area contributed by atoms with Gasteiger partial charge in [-0.3, -0.25) is 19.2 Å². The van der Waals surface area contributed by atoms with Gasteiger partial charge < -0.3 is 28.4 Å². The van der Waals surface area contributed by atoms with Crippen molar-refractivity contribution in [1.82, 2.24) is 0 Å². The molecule has 0 aliphatic carbocycles. The molecule has 0 aliphatic heterocycles. The van der Waals surface area contributed by atoms with Gasteiger partial charge in [0.25, 0.3) is 0 Å². The molecule has 0 aromatic carbocycles. The molecule has 4 atom stereocenters. The molecule has 0 rings (SSSR count). The summed E-state index contributed by atoms with van der Waals surface area (Å²) in [6.45, 7) is 4.15. The summed E-state index contributed by atoms with van der Waals surface area (Å²) >= 11 is 0. The molecule has 0 heterocycles. The van der Waals surface area contributed by atoms with Crippen LogP contribution in [0.4, 0.5) is 0 Å². The minimum Gasteiger partial charge on any atom is -0.463 e. The molecule has 0 N–H and O–H groups in total. The fourth-order valence-electron chi connectivity index (χ4n) is 2.15. The second-order valence-electron chi connectivity index (χ2n) is 5.30. The number of hydrogen-bond acceptors (Lipinski definition) is 10. The summed E-state index contributed by atoms with van der Waals surface area (Å²) in [7, 11) is 2.66. The van der Waals surface area contributed by atoms with Gasteiger partial charge in [0, 0.05) is 41.9 Å². The van der Waals surface area contributed by atoms with Crippen LogP contribution in [0.1, 0.15) is 27.7 Å². The molecule has 0 saturated carbocycles. The van der Waals surface area contributed by atoms with Gasteiger partial charge in [-0.05, 0) is 0 Å². The Kier molecular flexibility index (Phi) is 11.2. The van der Waals surface area contributed by atoms with Crippen LogP contribution in [0, 0.1) is 0 Å². The Morgan fingerprint density at radius 2 is 1.08 bits per heavy atom. The minimum absolute atomic E-state index is 0.192. The molecule has 0 amide bonds. The number of carbonyl (C=O) groups is 4. The van der Waals surface area contributed by atoms with Crippen molar-refractivity contribution in [2.45, 2.75) is 52.1 Å². The largest absolute Gasteiger partial charge is 0.463 e. The number of ether oxygens (including phenoxy) is 6. The summed E-state index contributed by atoms with van der Waals surface area (Å²) in [5.74, 6) is -2.51. The molecule has 150 valence electrons.